The number of nitrogen functional groups attached to an aromatic ring is 1. The van der Waals surface area contributed by atoms with Gasteiger partial charge in [0.05, 0.1) is 11.5 Å². The van der Waals surface area contributed by atoms with Gasteiger partial charge in [-0.1, -0.05) is 12.1 Å². The second-order valence-corrected chi connectivity index (χ2v) is 5.47. The van der Waals surface area contributed by atoms with Crippen molar-refractivity contribution < 1.29 is 9.53 Å². The molecule has 2 rings (SSSR count). The number of benzene rings is 1. The highest BCUT2D eigenvalue weighted by Crippen LogP contribution is 2.24. The first-order valence-corrected chi connectivity index (χ1v) is 6.67. The van der Waals surface area contributed by atoms with Crippen molar-refractivity contribution in [3.8, 4) is 0 Å². The van der Waals surface area contributed by atoms with Gasteiger partial charge in [0.15, 0.2) is 0 Å². The average Bonchev–Trinajstić information content (AvgIpc) is 2.71. The Labute approximate surface area is 116 Å². The molecule has 4 nitrogen and oxygen atoms in total. The summed E-state index contributed by atoms with van der Waals surface area (Å²) in [5, 5.41) is 2.86. The molecule has 1 aromatic heterocycles. The van der Waals surface area contributed by atoms with Crippen LogP contribution >= 0.6 is 11.3 Å². The van der Waals surface area contributed by atoms with E-state index in [1.54, 1.807) is 13.2 Å². The van der Waals surface area contributed by atoms with Crippen LogP contribution in [0.4, 0.5) is 11.4 Å². The van der Waals surface area contributed by atoms with Crippen molar-refractivity contribution in [3.63, 3.8) is 0 Å². The first kappa shape index (κ1) is 13.6. The number of carbonyl (C=O) groups excluding carboxylic acids is 1. The van der Waals surface area contributed by atoms with Crippen molar-refractivity contribution in [3.05, 3.63) is 45.6 Å². The maximum atomic E-state index is 12.1. The van der Waals surface area contributed by atoms with Crippen LogP contribution < -0.4 is 11.1 Å². The number of methoxy groups -OCH3 is 1. The number of nitrogens with one attached hydrogen (secondary N) is 1. The Balaban J connectivity index is 2.12. The van der Waals surface area contributed by atoms with Crippen LogP contribution in [-0.4, -0.2) is 13.0 Å². The van der Waals surface area contributed by atoms with E-state index in [-0.39, 0.29) is 5.91 Å². The lowest BCUT2D eigenvalue weighted by Crippen LogP contribution is -2.10. The molecule has 0 bridgehead atoms. The summed E-state index contributed by atoms with van der Waals surface area (Å²) in [6.45, 7) is 2.42. The topological polar surface area (TPSA) is 64.3 Å². The summed E-state index contributed by atoms with van der Waals surface area (Å²) >= 11 is 1.39. The Kier molecular flexibility index (Phi) is 4.19. The molecule has 0 radical (unpaired) electrons. The van der Waals surface area contributed by atoms with Crippen LogP contribution in [-0.2, 0) is 11.3 Å². The lowest BCUT2D eigenvalue weighted by atomic mass is 10.2. The zero-order chi connectivity index (χ0) is 13.8. The first-order valence-electron chi connectivity index (χ1n) is 5.85. The fraction of sp³-hybridized carbons (Fsp3) is 0.214. The number of anilines is 2. The van der Waals surface area contributed by atoms with Gasteiger partial charge in [-0.3, -0.25) is 4.79 Å². The third kappa shape index (κ3) is 3.33. The monoisotopic (exact) mass is 276 g/mol. The normalized spacial score (nSPS) is 10.4. The molecule has 19 heavy (non-hydrogen) atoms. The molecule has 0 fully saturated rings. The van der Waals surface area contributed by atoms with E-state index < -0.39 is 0 Å². The van der Waals surface area contributed by atoms with E-state index in [1.165, 1.54) is 11.3 Å². The van der Waals surface area contributed by atoms with Crippen LogP contribution in [0.15, 0.2) is 30.3 Å². The smallest absolute Gasteiger partial charge is 0.265 e. The summed E-state index contributed by atoms with van der Waals surface area (Å²) < 4.78 is 5.06. The van der Waals surface area contributed by atoms with Gasteiger partial charge in [-0.25, -0.2) is 0 Å². The minimum absolute atomic E-state index is 0.139. The number of thiophene rings is 1. The minimum Gasteiger partial charge on any atom is -0.398 e. The van der Waals surface area contributed by atoms with Gasteiger partial charge in [-0.15, -0.1) is 11.3 Å². The van der Waals surface area contributed by atoms with E-state index in [9.17, 15) is 4.79 Å². The summed E-state index contributed by atoms with van der Waals surface area (Å²) in [5.41, 5.74) is 8.17. The number of carbonyl (C=O) groups is 1. The summed E-state index contributed by atoms with van der Waals surface area (Å²) in [5.74, 6) is -0.139. The van der Waals surface area contributed by atoms with E-state index in [0.29, 0.717) is 17.2 Å². The van der Waals surface area contributed by atoms with Gasteiger partial charge >= 0.3 is 0 Å². The Bertz CT molecular complexity index is 573. The van der Waals surface area contributed by atoms with Crippen molar-refractivity contribution in [2.75, 3.05) is 18.2 Å². The summed E-state index contributed by atoms with van der Waals surface area (Å²) in [4.78, 5) is 13.6. The maximum Gasteiger partial charge on any atom is 0.265 e. The van der Waals surface area contributed by atoms with E-state index in [1.807, 2.05) is 31.2 Å². The third-order valence-corrected chi connectivity index (χ3v) is 3.74. The number of rotatable bonds is 4. The second kappa shape index (κ2) is 5.86. The van der Waals surface area contributed by atoms with Crippen LogP contribution in [0, 0.1) is 6.92 Å². The third-order valence-electron chi connectivity index (χ3n) is 2.68. The molecule has 0 aliphatic rings. The largest absolute Gasteiger partial charge is 0.398 e. The van der Waals surface area contributed by atoms with Gasteiger partial charge in [-0.05, 0) is 30.7 Å². The Morgan fingerprint density at radius 2 is 2.21 bits per heavy atom. The molecule has 1 aromatic carbocycles. The van der Waals surface area contributed by atoms with E-state index in [4.69, 9.17) is 10.5 Å². The number of amides is 1. The number of nitrogens with two attached hydrogens (primary N) is 1. The van der Waals surface area contributed by atoms with Gasteiger partial charge in [0.25, 0.3) is 5.91 Å². The summed E-state index contributed by atoms with van der Waals surface area (Å²) in [6, 6.07) is 9.28. The molecule has 1 amide bonds. The Hall–Kier alpha value is -1.85. The van der Waals surface area contributed by atoms with E-state index >= 15 is 0 Å². The van der Waals surface area contributed by atoms with Gasteiger partial charge in [0.1, 0.15) is 0 Å². The van der Waals surface area contributed by atoms with Crippen LogP contribution in [0.1, 0.15) is 20.1 Å². The van der Waals surface area contributed by atoms with Crippen LogP contribution in [0.25, 0.3) is 0 Å². The minimum atomic E-state index is -0.139. The highest BCUT2D eigenvalue weighted by atomic mass is 32.1. The molecular formula is C14H16N2O2S. The second-order valence-electron chi connectivity index (χ2n) is 4.21. The molecule has 0 spiro atoms. The van der Waals surface area contributed by atoms with Crippen molar-refractivity contribution in [2.45, 2.75) is 13.5 Å². The van der Waals surface area contributed by atoms with Crippen molar-refractivity contribution in [1.82, 2.24) is 0 Å². The predicted octanol–water partition coefficient (Wildman–Crippen LogP) is 3.04. The molecule has 5 heteroatoms. The Morgan fingerprint density at radius 1 is 1.42 bits per heavy atom. The molecule has 0 aliphatic carbocycles. The quantitative estimate of drug-likeness (QED) is 0.902. The molecule has 2 aromatic rings. The average molecular weight is 276 g/mol. The first-order chi connectivity index (χ1) is 9.10. The van der Waals surface area contributed by atoms with Gasteiger partial charge in [-0.2, -0.15) is 0 Å². The number of aryl methyl sites for hydroxylation is 1. The molecule has 0 aliphatic heterocycles. The predicted molar refractivity (Wildman–Crippen MR) is 78.6 cm³/mol. The molecule has 0 saturated heterocycles. The van der Waals surface area contributed by atoms with Crippen molar-refractivity contribution >= 4 is 28.6 Å². The van der Waals surface area contributed by atoms with Gasteiger partial charge in [0, 0.05) is 23.4 Å². The summed E-state index contributed by atoms with van der Waals surface area (Å²) in [6.07, 6.45) is 0. The molecule has 100 valence electrons. The van der Waals surface area contributed by atoms with Gasteiger partial charge < -0.3 is 15.8 Å². The molecule has 0 unspecified atom stereocenters. The highest BCUT2D eigenvalue weighted by Gasteiger charge is 2.11. The van der Waals surface area contributed by atoms with E-state index in [0.717, 1.165) is 16.1 Å². The molecule has 0 saturated carbocycles. The molecule has 0 atom stereocenters. The van der Waals surface area contributed by atoms with E-state index in [2.05, 4.69) is 5.32 Å². The van der Waals surface area contributed by atoms with Gasteiger partial charge in [0.2, 0.25) is 0 Å². The van der Waals surface area contributed by atoms with Crippen molar-refractivity contribution in [1.29, 1.82) is 0 Å². The zero-order valence-corrected chi connectivity index (χ0v) is 11.7. The number of ether oxygens (including phenoxy) is 1. The SMILES string of the molecule is COCc1cccc(NC(=O)c2cc(N)c(C)s2)c1. The van der Waals surface area contributed by atoms with Crippen LogP contribution in [0.5, 0.6) is 0 Å². The Morgan fingerprint density at radius 3 is 2.84 bits per heavy atom. The zero-order valence-electron chi connectivity index (χ0n) is 10.9. The van der Waals surface area contributed by atoms with Crippen LogP contribution in [0.3, 0.4) is 0 Å². The standard InChI is InChI=1S/C14H16N2O2S/c1-9-12(15)7-13(19-9)14(17)16-11-5-3-4-10(6-11)8-18-2/h3-7H,8,15H2,1-2H3,(H,16,17). The molecule has 3 N–H and O–H groups in total. The number of hydrogen-bond acceptors (Lipinski definition) is 4. The fourth-order valence-electron chi connectivity index (χ4n) is 1.71. The summed E-state index contributed by atoms with van der Waals surface area (Å²) in [7, 11) is 1.64. The highest BCUT2D eigenvalue weighted by molar-refractivity contribution is 7.14. The fourth-order valence-corrected chi connectivity index (χ4v) is 2.54. The molecular weight excluding hydrogens is 260 g/mol. The maximum absolute atomic E-state index is 12.1. The number of hydrogen-bond donors (Lipinski definition) is 2. The lowest BCUT2D eigenvalue weighted by Gasteiger charge is -2.06. The lowest BCUT2D eigenvalue weighted by molar-refractivity contribution is 0.103. The molecule has 1 heterocycles. The van der Waals surface area contributed by atoms with Crippen molar-refractivity contribution in [2.24, 2.45) is 0 Å². The van der Waals surface area contributed by atoms with Crippen LogP contribution in [0.2, 0.25) is 0 Å².